The van der Waals surface area contributed by atoms with E-state index in [1.165, 1.54) is 0 Å². The maximum Gasteiger partial charge on any atom is 0.128 e. The van der Waals surface area contributed by atoms with Crippen LogP contribution in [0.15, 0.2) is 41.0 Å². The zero-order valence-electron chi connectivity index (χ0n) is 10.0. The van der Waals surface area contributed by atoms with Crippen LogP contribution in [0.2, 0.25) is 5.02 Å². The van der Waals surface area contributed by atoms with Crippen LogP contribution in [0.25, 0.3) is 0 Å². The minimum absolute atomic E-state index is 0.0901. The zero-order valence-corrected chi connectivity index (χ0v) is 10.8. The molecule has 1 heterocycles. The van der Waals surface area contributed by atoms with Gasteiger partial charge in [0.25, 0.3) is 0 Å². The van der Waals surface area contributed by atoms with Gasteiger partial charge in [0.05, 0.1) is 12.3 Å². The fourth-order valence-corrected chi connectivity index (χ4v) is 2.03. The number of aryl methyl sites for hydroxylation is 1. The smallest absolute Gasteiger partial charge is 0.128 e. The van der Waals surface area contributed by atoms with Gasteiger partial charge < -0.3 is 9.73 Å². The Labute approximate surface area is 107 Å². The van der Waals surface area contributed by atoms with E-state index in [0.717, 1.165) is 28.5 Å². The van der Waals surface area contributed by atoms with Gasteiger partial charge in [0.15, 0.2) is 0 Å². The molecule has 2 rings (SSSR count). The summed E-state index contributed by atoms with van der Waals surface area (Å²) in [6.07, 6.45) is 1.73. The van der Waals surface area contributed by atoms with Gasteiger partial charge in [-0.2, -0.15) is 0 Å². The first kappa shape index (κ1) is 12.2. The number of hydrogen-bond acceptors (Lipinski definition) is 2. The van der Waals surface area contributed by atoms with E-state index in [0.29, 0.717) is 0 Å². The number of rotatable bonds is 4. The van der Waals surface area contributed by atoms with Crippen molar-refractivity contribution in [2.45, 2.75) is 19.9 Å². The third kappa shape index (κ3) is 2.71. The molecule has 0 saturated carbocycles. The molecule has 2 aromatic rings. The Kier molecular flexibility index (Phi) is 3.87. The van der Waals surface area contributed by atoms with Gasteiger partial charge in [-0.15, -0.1) is 0 Å². The molecule has 0 aliphatic rings. The summed E-state index contributed by atoms with van der Waals surface area (Å²) in [5, 5.41) is 4.17. The fourth-order valence-electron chi connectivity index (χ4n) is 1.90. The Morgan fingerprint density at radius 2 is 1.94 bits per heavy atom. The first-order valence-corrected chi connectivity index (χ1v) is 6.13. The van der Waals surface area contributed by atoms with Gasteiger partial charge in [-0.25, -0.2) is 0 Å². The van der Waals surface area contributed by atoms with Crippen molar-refractivity contribution in [1.29, 1.82) is 0 Å². The Bertz CT molecular complexity index is 475. The van der Waals surface area contributed by atoms with Crippen LogP contribution in [-0.2, 0) is 0 Å². The molecule has 0 amide bonds. The molecule has 1 unspecified atom stereocenters. The predicted molar refractivity (Wildman–Crippen MR) is 70.4 cm³/mol. The Morgan fingerprint density at radius 3 is 2.47 bits per heavy atom. The highest BCUT2D eigenvalue weighted by atomic mass is 35.5. The lowest BCUT2D eigenvalue weighted by Gasteiger charge is -2.17. The summed E-state index contributed by atoms with van der Waals surface area (Å²) in [6, 6.07) is 9.93. The van der Waals surface area contributed by atoms with Crippen molar-refractivity contribution >= 4 is 11.6 Å². The van der Waals surface area contributed by atoms with Gasteiger partial charge in [-0.3, -0.25) is 0 Å². The van der Waals surface area contributed by atoms with E-state index in [-0.39, 0.29) is 6.04 Å². The average Bonchev–Trinajstić information content (AvgIpc) is 2.74. The van der Waals surface area contributed by atoms with E-state index < -0.39 is 0 Å². The third-order valence-electron chi connectivity index (χ3n) is 2.78. The summed E-state index contributed by atoms with van der Waals surface area (Å²) < 4.78 is 5.57. The van der Waals surface area contributed by atoms with Gasteiger partial charge in [-0.1, -0.05) is 30.7 Å². The summed E-state index contributed by atoms with van der Waals surface area (Å²) in [7, 11) is 0. The lowest BCUT2D eigenvalue weighted by Crippen LogP contribution is -2.22. The second-order valence-electron chi connectivity index (χ2n) is 4.01. The van der Waals surface area contributed by atoms with Crippen molar-refractivity contribution in [1.82, 2.24) is 5.32 Å². The van der Waals surface area contributed by atoms with Gasteiger partial charge >= 0.3 is 0 Å². The van der Waals surface area contributed by atoms with Crippen LogP contribution in [0.1, 0.15) is 29.9 Å². The fraction of sp³-hybridized carbons (Fsp3) is 0.286. The number of nitrogens with one attached hydrogen (secondary N) is 1. The quantitative estimate of drug-likeness (QED) is 0.888. The summed E-state index contributed by atoms with van der Waals surface area (Å²) in [4.78, 5) is 0. The van der Waals surface area contributed by atoms with Crippen molar-refractivity contribution in [2.24, 2.45) is 0 Å². The Morgan fingerprint density at radius 1 is 1.24 bits per heavy atom. The highest BCUT2D eigenvalue weighted by molar-refractivity contribution is 6.30. The van der Waals surface area contributed by atoms with Gasteiger partial charge in [-0.05, 0) is 42.8 Å². The van der Waals surface area contributed by atoms with E-state index in [4.69, 9.17) is 16.0 Å². The van der Waals surface area contributed by atoms with Crippen LogP contribution in [0.5, 0.6) is 0 Å². The second kappa shape index (κ2) is 5.39. The molecular formula is C14H16ClNO. The van der Waals surface area contributed by atoms with Crippen LogP contribution in [0.4, 0.5) is 0 Å². The van der Waals surface area contributed by atoms with Crippen LogP contribution < -0.4 is 5.32 Å². The monoisotopic (exact) mass is 249 g/mol. The van der Waals surface area contributed by atoms with Crippen LogP contribution in [0, 0.1) is 6.92 Å². The first-order valence-electron chi connectivity index (χ1n) is 5.75. The lowest BCUT2D eigenvalue weighted by atomic mass is 10.0. The average molecular weight is 250 g/mol. The van der Waals surface area contributed by atoms with Crippen LogP contribution in [-0.4, -0.2) is 6.54 Å². The SMILES string of the molecule is CCNC(c1ccc(Cl)cc1)c1occc1C. The normalized spacial score (nSPS) is 12.6. The molecule has 1 aromatic heterocycles. The molecule has 90 valence electrons. The number of hydrogen-bond donors (Lipinski definition) is 1. The Balaban J connectivity index is 2.35. The molecule has 1 atom stereocenters. The van der Waals surface area contributed by atoms with E-state index >= 15 is 0 Å². The lowest BCUT2D eigenvalue weighted by molar-refractivity contribution is 0.449. The summed E-state index contributed by atoms with van der Waals surface area (Å²) in [6.45, 7) is 5.02. The maximum atomic E-state index is 5.91. The molecule has 0 aliphatic heterocycles. The number of halogens is 1. The predicted octanol–water partition coefficient (Wildman–Crippen LogP) is 3.94. The molecule has 0 saturated heterocycles. The van der Waals surface area contributed by atoms with Gasteiger partial charge in [0, 0.05) is 5.02 Å². The molecule has 17 heavy (non-hydrogen) atoms. The minimum atomic E-state index is 0.0901. The van der Waals surface area contributed by atoms with Crippen LogP contribution in [0.3, 0.4) is 0 Å². The molecule has 2 nitrogen and oxygen atoms in total. The highest BCUT2D eigenvalue weighted by Crippen LogP contribution is 2.26. The highest BCUT2D eigenvalue weighted by Gasteiger charge is 2.17. The summed E-state index contributed by atoms with van der Waals surface area (Å²) >= 11 is 5.91. The van der Waals surface area contributed by atoms with E-state index in [1.807, 2.05) is 30.3 Å². The molecule has 0 aliphatic carbocycles. The minimum Gasteiger partial charge on any atom is -0.467 e. The van der Waals surface area contributed by atoms with Crippen molar-refractivity contribution in [3.8, 4) is 0 Å². The van der Waals surface area contributed by atoms with Gasteiger partial charge in [0.1, 0.15) is 5.76 Å². The molecule has 0 bridgehead atoms. The van der Waals surface area contributed by atoms with E-state index in [2.05, 4.69) is 19.2 Å². The van der Waals surface area contributed by atoms with Crippen LogP contribution >= 0.6 is 11.6 Å². The van der Waals surface area contributed by atoms with Crippen molar-refractivity contribution in [3.05, 3.63) is 58.5 Å². The molecule has 0 radical (unpaired) electrons. The molecule has 1 aromatic carbocycles. The zero-order chi connectivity index (χ0) is 12.3. The third-order valence-corrected chi connectivity index (χ3v) is 3.03. The first-order chi connectivity index (χ1) is 8.22. The molecular weight excluding hydrogens is 234 g/mol. The van der Waals surface area contributed by atoms with Crippen molar-refractivity contribution < 1.29 is 4.42 Å². The van der Waals surface area contributed by atoms with E-state index in [1.54, 1.807) is 6.26 Å². The second-order valence-corrected chi connectivity index (χ2v) is 4.45. The Hall–Kier alpha value is -1.25. The maximum absolute atomic E-state index is 5.91. The summed E-state index contributed by atoms with van der Waals surface area (Å²) in [5.74, 6) is 0.967. The largest absolute Gasteiger partial charge is 0.467 e. The molecule has 1 N–H and O–H groups in total. The molecule has 3 heteroatoms. The molecule has 0 spiro atoms. The number of benzene rings is 1. The number of furan rings is 1. The summed E-state index contributed by atoms with van der Waals surface area (Å²) in [5.41, 5.74) is 2.32. The standard InChI is InChI=1S/C14H16ClNO/c1-3-16-13(14-10(2)8-9-17-14)11-4-6-12(15)7-5-11/h4-9,13,16H,3H2,1-2H3. The van der Waals surface area contributed by atoms with Crippen molar-refractivity contribution in [3.63, 3.8) is 0 Å². The van der Waals surface area contributed by atoms with E-state index in [9.17, 15) is 0 Å². The topological polar surface area (TPSA) is 25.2 Å². The molecule has 0 fully saturated rings. The van der Waals surface area contributed by atoms with Crippen molar-refractivity contribution in [2.75, 3.05) is 6.54 Å². The van der Waals surface area contributed by atoms with Gasteiger partial charge in [0.2, 0.25) is 0 Å².